The van der Waals surface area contributed by atoms with E-state index in [0.29, 0.717) is 6.42 Å². The average Bonchev–Trinajstić information content (AvgIpc) is 2.18. The lowest BCUT2D eigenvalue weighted by atomic mass is 10.2. The van der Waals surface area contributed by atoms with E-state index >= 15 is 0 Å². The summed E-state index contributed by atoms with van der Waals surface area (Å²) in [6.45, 7) is 0. The van der Waals surface area contributed by atoms with Crippen LogP contribution in [0.2, 0.25) is 0 Å². The van der Waals surface area contributed by atoms with E-state index in [1.165, 1.54) is 0 Å². The predicted molar refractivity (Wildman–Crippen MR) is 45.1 cm³/mol. The smallest absolute Gasteiger partial charge is 0.146 e. The molecule has 0 bridgehead atoms. The molecular weight excluding hydrogens is 158 g/mol. The van der Waals surface area contributed by atoms with E-state index in [1.807, 2.05) is 5.40 Å². The van der Waals surface area contributed by atoms with E-state index in [9.17, 15) is 4.79 Å². The second-order valence-electron chi connectivity index (χ2n) is 2.76. The maximum Gasteiger partial charge on any atom is 0.146 e. The third kappa shape index (κ3) is 2.55. The molecule has 1 aliphatic rings. The van der Waals surface area contributed by atoms with Crippen LogP contribution in [0.5, 0.6) is 0 Å². The number of thioether (sulfide) groups is 1. The topological polar surface area (TPSA) is 40.9 Å². The molecule has 0 heterocycles. The molecule has 1 atom stereocenters. The standard InChI is InChI=1S/C8H11NOS/c9-6-11-8-5-3-1-2-4-7(8)10/h8H,1-5H2. The van der Waals surface area contributed by atoms with Gasteiger partial charge >= 0.3 is 0 Å². The lowest BCUT2D eigenvalue weighted by Crippen LogP contribution is -2.13. The molecule has 3 heteroatoms. The average molecular weight is 169 g/mol. The fourth-order valence-electron chi connectivity index (χ4n) is 1.32. The number of carbonyl (C=O) groups excluding carboxylic acids is 1. The minimum Gasteiger partial charge on any atom is -0.298 e. The van der Waals surface area contributed by atoms with Crippen molar-refractivity contribution in [1.29, 1.82) is 5.26 Å². The van der Waals surface area contributed by atoms with Crippen LogP contribution in [0.3, 0.4) is 0 Å². The summed E-state index contributed by atoms with van der Waals surface area (Å²) in [7, 11) is 0. The van der Waals surface area contributed by atoms with Gasteiger partial charge in [0, 0.05) is 6.42 Å². The highest BCUT2D eigenvalue weighted by molar-refractivity contribution is 8.04. The molecule has 0 spiro atoms. The van der Waals surface area contributed by atoms with Crippen LogP contribution in [0.25, 0.3) is 0 Å². The molecule has 0 aromatic heterocycles. The molecule has 1 rings (SSSR count). The molecule has 0 N–H and O–H groups in total. The van der Waals surface area contributed by atoms with Crippen molar-refractivity contribution >= 4 is 17.5 Å². The van der Waals surface area contributed by atoms with Crippen LogP contribution in [-0.2, 0) is 4.79 Å². The number of hydrogen-bond acceptors (Lipinski definition) is 3. The molecule has 0 aromatic rings. The van der Waals surface area contributed by atoms with Gasteiger partial charge in [-0.3, -0.25) is 4.79 Å². The first kappa shape index (κ1) is 8.61. The summed E-state index contributed by atoms with van der Waals surface area (Å²) in [4.78, 5) is 11.2. The van der Waals surface area contributed by atoms with Gasteiger partial charge in [-0.05, 0) is 24.6 Å². The van der Waals surface area contributed by atoms with Crippen molar-refractivity contribution in [1.82, 2.24) is 0 Å². The van der Waals surface area contributed by atoms with Crippen molar-refractivity contribution in [2.24, 2.45) is 0 Å². The van der Waals surface area contributed by atoms with Gasteiger partial charge in [-0.2, -0.15) is 5.26 Å². The van der Waals surface area contributed by atoms with Gasteiger partial charge in [-0.25, -0.2) is 0 Å². The van der Waals surface area contributed by atoms with E-state index in [1.54, 1.807) is 0 Å². The summed E-state index contributed by atoms with van der Waals surface area (Å²) >= 11 is 1.13. The zero-order chi connectivity index (χ0) is 8.10. The molecule has 60 valence electrons. The number of rotatable bonds is 1. The Balaban J connectivity index is 2.47. The van der Waals surface area contributed by atoms with Gasteiger partial charge < -0.3 is 0 Å². The lowest BCUT2D eigenvalue weighted by Gasteiger charge is -2.05. The number of nitriles is 1. The van der Waals surface area contributed by atoms with Crippen molar-refractivity contribution in [2.45, 2.75) is 37.4 Å². The predicted octanol–water partition coefficient (Wildman–Crippen LogP) is 2.10. The molecule has 0 saturated heterocycles. The highest BCUT2D eigenvalue weighted by Crippen LogP contribution is 2.23. The Morgan fingerprint density at radius 3 is 3.00 bits per heavy atom. The van der Waals surface area contributed by atoms with Crippen LogP contribution in [0.1, 0.15) is 32.1 Å². The summed E-state index contributed by atoms with van der Waals surface area (Å²) in [5.41, 5.74) is 0. The van der Waals surface area contributed by atoms with Gasteiger partial charge in [0.2, 0.25) is 0 Å². The third-order valence-corrected chi connectivity index (χ3v) is 2.83. The van der Waals surface area contributed by atoms with E-state index in [2.05, 4.69) is 0 Å². The fraction of sp³-hybridized carbons (Fsp3) is 0.750. The Morgan fingerprint density at radius 2 is 2.27 bits per heavy atom. The monoisotopic (exact) mass is 169 g/mol. The lowest BCUT2D eigenvalue weighted by molar-refractivity contribution is -0.118. The number of ketones is 1. The Bertz CT molecular complexity index is 185. The van der Waals surface area contributed by atoms with Crippen LogP contribution in [0.4, 0.5) is 0 Å². The quantitative estimate of drug-likeness (QED) is 0.446. The zero-order valence-electron chi connectivity index (χ0n) is 6.38. The molecule has 1 fully saturated rings. The molecular formula is C8H11NOS. The van der Waals surface area contributed by atoms with Gasteiger partial charge in [0.1, 0.15) is 11.2 Å². The van der Waals surface area contributed by atoms with Crippen molar-refractivity contribution in [3.05, 3.63) is 0 Å². The molecule has 0 amide bonds. The molecule has 0 aromatic carbocycles. The molecule has 11 heavy (non-hydrogen) atoms. The largest absolute Gasteiger partial charge is 0.298 e. The highest BCUT2D eigenvalue weighted by atomic mass is 32.2. The molecule has 1 unspecified atom stereocenters. The summed E-state index contributed by atoms with van der Waals surface area (Å²) in [6, 6.07) is 0. The van der Waals surface area contributed by atoms with Crippen LogP contribution in [0.15, 0.2) is 0 Å². The minimum absolute atomic E-state index is 0.0255. The van der Waals surface area contributed by atoms with Gasteiger partial charge in [-0.1, -0.05) is 12.8 Å². The summed E-state index contributed by atoms with van der Waals surface area (Å²) in [5.74, 6) is 0.272. The fourth-order valence-corrected chi connectivity index (χ4v) is 1.98. The van der Waals surface area contributed by atoms with Crippen LogP contribution < -0.4 is 0 Å². The van der Waals surface area contributed by atoms with Gasteiger partial charge in [0.15, 0.2) is 0 Å². The molecule has 2 nitrogen and oxygen atoms in total. The van der Waals surface area contributed by atoms with Crippen molar-refractivity contribution in [3.8, 4) is 5.40 Å². The van der Waals surface area contributed by atoms with Crippen LogP contribution >= 0.6 is 11.8 Å². The second-order valence-corrected chi connectivity index (χ2v) is 3.75. The first-order valence-corrected chi connectivity index (χ1v) is 4.80. The second kappa shape index (κ2) is 4.40. The number of thiocyanates is 1. The van der Waals surface area contributed by atoms with E-state index < -0.39 is 0 Å². The molecule has 0 radical (unpaired) electrons. The van der Waals surface area contributed by atoms with Gasteiger partial charge in [0.25, 0.3) is 0 Å². The highest BCUT2D eigenvalue weighted by Gasteiger charge is 2.20. The van der Waals surface area contributed by atoms with E-state index in [-0.39, 0.29) is 11.0 Å². The van der Waals surface area contributed by atoms with Gasteiger partial charge in [-0.15, -0.1) is 0 Å². The summed E-state index contributed by atoms with van der Waals surface area (Å²) in [5, 5.41) is 10.4. The molecule has 0 aliphatic heterocycles. The van der Waals surface area contributed by atoms with Crippen LogP contribution in [-0.4, -0.2) is 11.0 Å². The Labute approximate surface area is 71.0 Å². The normalized spacial score (nSPS) is 25.7. The minimum atomic E-state index is -0.0255. The van der Waals surface area contributed by atoms with Crippen molar-refractivity contribution in [2.75, 3.05) is 0 Å². The molecule has 1 saturated carbocycles. The summed E-state index contributed by atoms with van der Waals surface area (Å²) < 4.78 is 0. The first-order chi connectivity index (χ1) is 5.34. The van der Waals surface area contributed by atoms with Crippen molar-refractivity contribution < 1.29 is 4.79 Å². The van der Waals surface area contributed by atoms with Gasteiger partial charge in [0.05, 0.1) is 5.25 Å². The SMILES string of the molecule is N#CSC1CCCCCC1=O. The van der Waals surface area contributed by atoms with E-state index in [4.69, 9.17) is 5.26 Å². The summed E-state index contributed by atoms with van der Waals surface area (Å²) in [6.07, 6.45) is 4.84. The third-order valence-electron chi connectivity index (χ3n) is 1.94. The maximum atomic E-state index is 11.2. The van der Waals surface area contributed by atoms with Crippen molar-refractivity contribution in [3.63, 3.8) is 0 Å². The van der Waals surface area contributed by atoms with E-state index in [0.717, 1.165) is 37.4 Å². The number of hydrogen-bond donors (Lipinski definition) is 0. The Morgan fingerprint density at radius 1 is 1.45 bits per heavy atom. The maximum absolute atomic E-state index is 11.2. The zero-order valence-corrected chi connectivity index (χ0v) is 7.19. The molecule has 1 aliphatic carbocycles. The Kier molecular flexibility index (Phi) is 3.44. The van der Waals surface area contributed by atoms with Crippen LogP contribution in [0, 0.1) is 10.7 Å². The number of nitrogens with zero attached hydrogens (tertiary/aromatic N) is 1. The number of carbonyl (C=O) groups is 1. The first-order valence-electron chi connectivity index (χ1n) is 3.92. The Hall–Kier alpha value is -0.490. The number of Topliss-reactive ketones (excluding diaryl/α,β-unsaturated/α-hetero) is 1.